The molecule has 0 saturated carbocycles. The average Bonchev–Trinajstić information content (AvgIpc) is 3.43. The highest BCUT2D eigenvalue weighted by Gasteiger charge is 2.30. The number of nitrogens with zero attached hydrogens (tertiary/aromatic N) is 4. The molecule has 3 heterocycles. The normalized spacial score (nSPS) is 13.2. The van der Waals surface area contributed by atoms with E-state index in [1.54, 1.807) is 40.9 Å². The molecule has 0 unspecified atom stereocenters. The maximum atomic E-state index is 13.9. The Morgan fingerprint density at radius 2 is 1.91 bits per heavy atom. The van der Waals surface area contributed by atoms with Crippen molar-refractivity contribution in [2.45, 2.75) is 31.8 Å². The van der Waals surface area contributed by atoms with Crippen molar-refractivity contribution < 1.29 is 17.6 Å². The molecule has 0 spiro atoms. The molecule has 1 amide bonds. The van der Waals surface area contributed by atoms with Gasteiger partial charge in [0, 0.05) is 35.8 Å². The Balaban J connectivity index is 1.50. The lowest BCUT2D eigenvalue weighted by atomic mass is 9.98. The van der Waals surface area contributed by atoms with E-state index in [0.29, 0.717) is 24.2 Å². The summed E-state index contributed by atoms with van der Waals surface area (Å²) in [6.07, 6.45) is 3.61. The Bertz CT molecular complexity index is 1540. The third-order valence-electron chi connectivity index (χ3n) is 6.11. The molecule has 2 aromatic carbocycles. The van der Waals surface area contributed by atoms with Crippen LogP contribution in [0.2, 0.25) is 0 Å². The zero-order valence-corrected chi connectivity index (χ0v) is 20.1. The number of aryl methyl sites for hydroxylation is 1. The van der Waals surface area contributed by atoms with Gasteiger partial charge in [-0.15, -0.1) is 0 Å². The van der Waals surface area contributed by atoms with Crippen LogP contribution in [0.15, 0.2) is 71.9 Å². The Morgan fingerprint density at radius 1 is 1.09 bits per heavy atom. The van der Waals surface area contributed by atoms with Gasteiger partial charge < -0.3 is 4.90 Å². The number of fused-ring (bicyclic) bond motifs is 1. The first-order valence-corrected chi connectivity index (χ1v) is 12.8. The molecule has 1 aliphatic rings. The summed E-state index contributed by atoms with van der Waals surface area (Å²) in [4.78, 5) is 19.6. The third kappa shape index (κ3) is 4.35. The molecule has 35 heavy (non-hydrogen) atoms. The van der Waals surface area contributed by atoms with E-state index < -0.39 is 15.7 Å². The fourth-order valence-electron chi connectivity index (χ4n) is 4.24. The number of halogens is 1. The van der Waals surface area contributed by atoms with Gasteiger partial charge in [-0.25, -0.2) is 17.5 Å². The molecule has 9 heteroatoms. The van der Waals surface area contributed by atoms with E-state index in [0.717, 1.165) is 22.6 Å². The molecule has 0 atom stereocenters. The number of hydrogen-bond acceptors (Lipinski definition) is 5. The smallest absolute Gasteiger partial charge is 0.255 e. The van der Waals surface area contributed by atoms with Crippen LogP contribution in [0.4, 0.5) is 4.39 Å². The molecule has 0 fully saturated rings. The minimum atomic E-state index is -3.53. The Morgan fingerprint density at radius 3 is 2.63 bits per heavy atom. The van der Waals surface area contributed by atoms with Crippen molar-refractivity contribution in [1.82, 2.24) is 19.7 Å². The quantitative estimate of drug-likeness (QED) is 0.416. The standard InChI is InChI=1S/C26H23FN4O3S/c1-3-35(33,34)22-7-8-23(18-5-4-6-20(27)12-18)24(13-22)26(32)30-14-19-15-31(29-25(19)16-30)21-9-10-28-17(2)11-21/h4-13,15H,3,14,16H2,1-2H3. The number of rotatable bonds is 5. The van der Waals surface area contributed by atoms with Crippen LogP contribution < -0.4 is 0 Å². The highest BCUT2D eigenvalue weighted by atomic mass is 32.2. The van der Waals surface area contributed by atoms with E-state index in [2.05, 4.69) is 10.1 Å². The largest absolute Gasteiger partial charge is 0.328 e. The summed E-state index contributed by atoms with van der Waals surface area (Å²) >= 11 is 0. The first-order valence-electron chi connectivity index (χ1n) is 11.2. The van der Waals surface area contributed by atoms with E-state index in [9.17, 15) is 17.6 Å². The molecule has 0 bridgehead atoms. The van der Waals surface area contributed by atoms with Crippen LogP contribution in [0.1, 0.15) is 34.2 Å². The number of carbonyl (C=O) groups excluding carboxylic acids is 1. The summed E-state index contributed by atoms with van der Waals surface area (Å²) in [7, 11) is -3.53. The highest BCUT2D eigenvalue weighted by molar-refractivity contribution is 7.91. The second-order valence-electron chi connectivity index (χ2n) is 8.48. The minimum Gasteiger partial charge on any atom is -0.328 e. The maximum absolute atomic E-state index is 13.9. The molecule has 0 N–H and O–H groups in total. The summed E-state index contributed by atoms with van der Waals surface area (Å²) in [5, 5.41) is 4.64. The monoisotopic (exact) mass is 490 g/mol. The number of aromatic nitrogens is 3. The molecule has 4 aromatic rings. The van der Waals surface area contributed by atoms with Crippen molar-refractivity contribution in [1.29, 1.82) is 0 Å². The Hall–Kier alpha value is -3.85. The van der Waals surface area contributed by atoms with Gasteiger partial charge in [-0.1, -0.05) is 25.1 Å². The van der Waals surface area contributed by atoms with Gasteiger partial charge in [0.15, 0.2) is 9.84 Å². The number of pyridine rings is 1. The first-order chi connectivity index (χ1) is 16.7. The lowest BCUT2D eigenvalue weighted by Gasteiger charge is -2.19. The SMILES string of the molecule is CCS(=O)(=O)c1ccc(-c2cccc(F)c2)c(C(=O)N2Cc3cn(-c4ccnc(C)c4)nc3C2)c1. The van der Waals surface area contributed by atoms with Crippen LogP contribution in [0.3, 0.4) is 0 Å². The zero-order valence-electron chi connectivity index (χ0n) is 19.3. The zero-order chi connectivity index (χ0) is 24.7. The van der Waals surface area contributed by atoms with Crippen molar-refractivity contribution in [3.8, 4) is 16.8 Å². The molecule has 0 saturated heterocycles. The lowest BCUT2D eigenvalue weighted by Crippen LogP contribution is -2.27. The average molecular weight is 491 g/mol. The van der Waals surface area contributed by atoms with Crippen molar-refractivity contribution in [2.75, 3.05) is 5.75 Å². The molecule has 7 nitrogen and oxygen atoms in total. The van der Waals surface area contributed by atoms with E-state index >= 15 is 0 Å². The summed E-state index contributed by atoms with van der Waals surface area (Å²) in [5.41, 5.74) is 4.65. The van der Waals surface area contributed by atoms with Crippen LogP contribution in [-0.4, -0.2) is 39.7 Å². The second kappa shape index (κ2) is 8.74. The van der Waals surface area contributed by atoms with Crippen LogP contribution in [-0.2, 0) is 22.9 Å². The summed E-state index contributed by atoms with van der Waals surface area (Å²) in [6, 6.07) is 14.1. The van der Waals surface area contributed by atoms with E-state index in [1.807, 2.05) is 25.3 Å². The molecule has 178 valence electrons. The van der Waals surface area contributed by atoms with E-state index in [4.69, 9.17) is 0 Å². The topological polar surface area (TPSA) is 85.2 Å². The van der Waals surface area contributed by atoms with Crippen molar-refractivity contribution >= 4 is 15.7 Å². The van der Waals surface area contributed by atoms with Crippen LogP contribution in [0, 0.1) is 12.7 Å². The molecule has 5 rings (SSSR count). The fourth-order valence-corrected chi connectivity index (χ4v) is 5.15. The fraction of sp³-hybridized carbons (Fsp3) is 0.192. The van der Waals surface area contributed by atoms with Gasteiger partial charge in [0.2, 0.25) is 0 Å². The Kier molecular flexibility index (Phi) is 5.72. The van der Waals surface area contributed by atoms with Crippen LogP contribution in [0.5, 0.6) is 0 Å². The molecule has 2 aromatic heterocycles. The second-order valence-corrected chi connectivity index (χ2v) is 10.8. The third-order valence-corrected chi connectivity index (χ3v) is 7.84. The molecule has 1 aliphatic heterocycles. The van der Waals surface area contributed by atoms with Gasteiger partial charge in [-0.3, -0.25) is 9.78 Å². The highest BCUT2D eigenvalue weighted by Crippen LogP contribution is 2.31. The minimum absolute atomic E-state index is 0.0682. The lowest BCUT2D eigenvalue weighted by molar-refractivity contribution is 0.0749. The molecule has 0 radical (unpaired) electrons. The first kappa shape index (κ1) is 22.9. The molecule has 0 aliphatic carbocycles. The van der Waals surface area contributed by atoms with Crippen molar-refractivity contribution in [3.63, 3.8) is 0 Å². The number of amides is 1. The summed E-state index contributed by atoms with van der Waals surface area (Å²) in [5.74, 6) is -0.855. The molecular formula is C26H23FN4O3S. The predicted octanol–water partition coefficient (Wildman–Crippen LogP) is 4.33. The van der Waals surface area contributed by atoms with Gasteiger partial charge in [0.25, 0.3) is 5.91 Å². The maximum Gasteiger partial charge on any atom is 0.255 e. The van der Waals surface area contributed by atoms with E-state index in [1.165, 1.54) is 24.3 Å². The van der Waals surface area contributed by atoms with Gasteiger partial charge in [0.1, 0.15) is 5.82 Å². The number of sulfone groups is 1. The van der Waals surface area contributed by atoms with Crippen molar-refractivity contribution in [3.05, 3.63) is 95.3 Å². The summed E-state index contributed by atoms with van der Waals surface area (Å²) < 4.78 is 40.8. The predicted molar refractivity (Wildman–Crippen MR) is 129 cm³/mol. The van der Waals surface area contributed by atoms with Gasteiger partial charge in [0.05, 0.1) is 28.6 Å². The molecular weight excluding hydrogens is 467 g/mol. The van der Waals surface area contributed by atoms with Gasteiger partial charge >= 0.3 is 0 Å². The van der Waals surface area contributed by atoms with Gasteiger partial charge in [-0.2, -0.15) is 5.10 Å². The van der Waals surface area contributed by atoms with Crippen molar-refractivity contribution in [2.24, 2.45) is 0 Å². The Labute approximate surface area is 202 Å². The van der Waals surface area contributed by atoms with Gasteiger partial charge in [-0.05, 0) is 54.4 Å². The van der Waals surface area contributed by atoms with E-state index in [-0.39, 0.29) is 22.1 Å². The van der Waals surface area contributed by atoms with Crippen LogP contribution >= 0.6 is 0 Å². The number of carbonyl (C=O) groups is 1. The van der Waals surface area contributed by atoms with Crippen LogP contribution in [0.25, 0.3) is 16.8 Å². The number of hydrogen-bond donors (Lipinski definition) is 0. The summed E-state index contributed by atoms with van der Waals surface area (Å²) in [6.45, 7) is 4.09. The number of benzene rings is 2.